The zero-order valence-corrected chi connectivity index (χ0v) is 13.2. The summed E-state index contributed by atoms with van der Waals surface area (Å²) >= 11 is 0. The highest BCUT2D eigenvalue weighted by Gasteiger charge is 2.21. The van der Waals surface area contributed by atoms with Crippen LogP contribution in [-0.2, 0) is 0 Å². The van der Waals surface area contributed by atoms with Crippen molar-refractivity contribution in [1.82, 2.24) is 0 Å². The Morgan fingerprint density at radius 2 is 1.65 bits per heavy atom. The standard InChI is InChI=1S/C19H30O/c1-3-5-6-15-20-19-13-11-18(12-14-19)17-9-7-16(4-2)8-10-17/h11-14,16-17H,3-10,15H2,1-2H3. The Kier molecular flexibility index (Phi) is 6.42. The zero-order valence-electron chi connectivity index (χ0n) is 13.2. The molecule has 1 heteroatoms. The van der Waals surface area contributed by atoms with E-state index in [0.29, 0.717) is 0 Å². The molecule has 0 N–H and O–H groups in total. The van der Waals surface area contributed by atoms with Crippen LogP contribution in [0, 0.1) is 5.92 Å². The molecule has 1 aliphatic carbocycles. The number of benzene rings is 1. The molecule has 1 aromatic carbocycles. The first kappa shape index (κ1) is 15.4. The fourth-order valence-corrected chi connectivity index (χ4v) is 3.28. The molecule has 1 saturated carbocycles. The van der Waals surface area contributed by atoms with Crippen molar-refractivity contribution >= 4 is 0 Å². The van der Waals surface area contributed by atoms with Gasteiger partial charge in [0.25, 0.3) is 0 Å². The molecule has 1 aromatic rings. The molecule has 0 unspecified atom stereocenters. The van der Waals surface area contributed by atoms with Crippen molar-refractivity contribution in [1.29, 1.82) is 0 Å². The minimum absolute atomic E-state index is 0.784. The molecule has 1 nitrogen and oxygen atoms in total. The van der Waals surface area contributed by atoms with Crippen LogP contribution in [0.15, 0.2) is 24.3 Å². The first-order chi connectivity index (χ1) is 9.83. The van der Waals surface area contributed by atoms with Gasteiger partial charge in [0.1, 0.15) is 5.75 Å². The van der Waals surface area contributed by atoms with Crippen LogP contribution in [0.1, 0.15) is 76.7 Å². The second-order valence-electron chi connectivity index (χ2n) is 6.25. The Morgan fingerprint density at radius 3 is 2.25 bits per heavy atom. The Bertz CT molecular complexity index is 360. The van der Waals surface area contributed by atoms with Gasteiger partial charge in [0.2, 0.25) is 0 Å². The van der Waals surface area contributed by atoms with Crippen LogP contribution in [0.5, 0.6) is 5.75 Å². The van der Waals surface area contributed by atoms with E-state index in [1.807, 2.05) is 0 Å². The fourth-order valence-electron chi connectivity index (χ4n) is 3.28. The van der Waals surface area contributed by atoms with Crippen LogP contribution in [-0.4, -0.2) is 6.61 Å². The van der Waals surface area contributed by atoms with Gasteiger partial charge in [-0.05, 0) is 61.6 Å². The van der Waals surface area contributed by atoms with Gasteiger partial charge in [-0.2, -0.15) is 0 Å². The SMILES string of the molecule is CCCCCOc1ccc(C2CCC(CC)CC2)cc1. The summed E-state index contributed by atoms with van der Waals surface area (Å²) in [5, 5.41) is 0. The minimum atomic E-state index is 0.784. The van der Waals surface area contributed by atoms with E-state index < -0.39 is 0 Å². The van der Waals surface area contributed by atoms with Gasteiger partial charge in [-0.25, -0.2) is 0 Å². The summed E-state index contributed by atoms with van der Waals surface area (Å²) < 4.78 is 5.78. The van der Waals surface area contributed by atoms with Crippen LogP contribution >= 0.6 is 0 Å². The third-order valence-corrected chi connectivity index (χ3v) is 4.79. The van der Waals surface area contributed by atoms with E-state index in [0.717, 1.165) is 24.2 Å². The zero-order chi connectivity index (χ0) is 14.2. The second-order valence-corrected chi connectivity index (χ2v) is 6.25. The summed E-state index contributed by atoms with van der Waals surface area (Å²) in [6.07, 6.45) is 10.6. The third-order valence-electron chi connectivity index (χ3n) is 4.79. The maximum absolute atomic E-state index is 5.78. The summed E-state index contributed by atoms with van der Waals surface area (Å²) in [5.74, 6) is 2.80. The smallest absolute Gasteiger partial charge is 0.119 e. The van der Waals surface area contributed by atoms with Gasteiger partial charge in [0, 0.05) is 0 Å². The lowest BCUT2D eigenvalue weighted by atomic mass is 9.78. The number of ether oxygens (including phenoxy) is 1. The monoisotopic (exact) mass is 274 g/mol. The first-order valence-electron chi connectivity index (χ1n) is 8.56. The molecule has 2 rings (SSSR count). The lowest BCUT2D eigenvalue weighted by Gasteiger charge is -2.28. The third kappa shape index (κ3) is 4.54. The number of rotatable bonds is 7. The average Bonchev–Trinajstić information content (AvgIpc) is 2.52. The maximum atomic E-state index is 5.78. The van der Waals surface area contributed by atoms with Gasteiger partial charge in [-0.15, -0.1) is 0 Å². The highest BCUT2D eigenvalue weighted by molar-refractivity contribution is 5.29. The number of hydrogen-bond acceptors (Lipinski definition) is 1. The molecular formula is C19H30O. The largest absolute Gasteiger partial charge is 0.494 e. The molecule has 0 aromatic heterocycles. The van der Waals surface area contributed by atoms with E-state index in [1.54, 1.807) is 0 Å². The van der Waals surface area contributed by atoms with Crippen molar-refractivity contribution in [2.45, 2.75) is 71.1 Å². The topological polar surface area (TPSA) is 9.23 Å². The lowest BCUT2D eigenvalue weighted by Crippen LogP contribution is -2.12. The summed E-state index contributed by atoms with van der Waals surface area (Å²) in [7, 11) is 0. The van der Waals surface area contributed by atoms with Crippen LogP contribution in [0.3, 0.4) is 0 Å². The van der Waals surface area contributed by atoms with Crippen molar-refractivity contribution in [3.63, 3.8) is 0 Å². The van der Waals surface area contributed by atoms with Gasteiger partial charge in [0.15, 0.2) is 0 Å². The normalized spacial score (nSPS) is 22.7. The molecule has 0 radical (unpaired) electrons. The number of unbranched alkanes of at least 4 members (excludes halogenated alkanes) is 2. The van der Waals surface area contributed by atoms with Crippen molar-refractivity contribution in [2.24, 2.45) is 5.92 Å². The molecule has 20 heavy (non-hydrogen) atoms. The maximum Gasteiger partial charge on any atom is 0.119 e. The average molecular weight is 274 g/mol. The van der Waals surface area contributed by atoms with Gasteiger partial charge < -0.3 is 4.74 Å². The fraction of sp³-hybridized carbons (Fsp3) is 0.684. The second kappa shape index (κ2) is 8.34. The van der Waals surface area contributed by atoms with Crippen molar-refractivity contribution in [3.05, 3.63) is 29.8 Å². The molecule has 0 atom stereocenters. The summed E-state index contributed by atoms with van der Waals surface area (Å²) in [6, 6.07) is 8.89. The van der Waals surface area contributed by atoms with E-state index >= 15 is 0 Å². The highest BCUT2D eigenvalue weighted by atomic mass is 16.5. The molecule has 0 aliphatic heterocycles. The van der Waals surface area contributed by atoms with Crippen LogP contribution in [0.2, 0.25) is 0 Å². The highest BCUT2D eigenvalue weighted by Crippen LogP contribution is 2.37. The molecule has 1 fully saturated rings. The summed E-state index contributed by atoms with van der Waals surface area (Å²) in [5.41, 5.74) is 1.51. The minimum Gasteiger partial charge on any atom is -0.494 e. The van der Waals surface area contributed by atoms with Crippen LogP contribution in [0.4, 0.5) is 0 Å². The molecule has 0 bridgehead atoms. The van der Waals surface area contributed by atoms with Crippen LogP contribution < -0.4 is 4.74 Å². The van der Waals surface area contributed by atoms with Crippen LogP contribution in [0.25, 0.3) is 0 Å². The Hall–Kier alpha value is -0.980. The molecule has 0 spiro atoms. The Morgan fingerprint density at radius 1 is 0.950 bits per heavy atom. The quantitative estimate of drug-likeness (QED) is 0.559. The van der Waals surface area contributed by atoms with Crippen molar-refractivity contribution < 1.29 is 4.74 Å². The van der Waals surface area contributed by atoms with Crippen molar-refractivity contribution in [2.75, 3.05) is 6.61 Å². The van der Waals surface area contributed by atoms with E-state index in [9.17, 15) is 0 Å². The lowest BCUT2D eigenvalue weighted by molar-refractivity contribution is 0.305. The van der Waals surface area contributed by atoms with Crippen molar-refractivity contribution in [3.8, 4) is 5.75 Å². The molecule has 1 aliphatic rings. The molecule has 0 heterocycles. The van der Waals surface area contributed by atoms with E-state index in [-0.39, 0.29) is 0 Å². The van der Waals surface area contributed by atoms with Gasteiger partial charge in [-0.1, -0.05) is 45.2 Å². The Labute approximate surface area is 124 Å². The van der Waals surface area contributed by atoms with Gasteiger partial charge in [-0.3, -0.25) is 0 Å². The molecular weight excluding hydrogens is 244 g/mol. The molecule has 112 valence electrons. The summed E-state index contributed by atoms with van der Waals surface area (Å²) in [4.78, 5) is 0. The molecule has 0 saturated heterocycles. The van der Waals surface area contributed by atoms with E-state index in [4.69, 9.17) is 4.74 Å². The Balaban J connectivity index is 1.79. The predicted molar refractivity (Wildman–Crippen MR) is 86.5 cm³/mol. The van der Waals surface area contributed by atoms with Gasteiger partial charge in [0.05, 0.1) is 6.61 Å². The predicted octanol–water partition coefficient (Wildman–Crippen LogP) is 5.94. The number of hydrogen-bond donors (Lipinski definition) is 0. The van der Waals surface area contributed by atoms with E-state index in [1.165, 1.54) is 56.9 Å². The van der Waals surface area contributed by atoms with Gasteiger partial charge >= 0.3 is 0 Å². The first-order valence-corrected chi connectivity index (χ1v) is 8.56. The summed E-state index contributed by atoms with van der Waals surface area (Å²) in [6.45, 7) is 5.41. The molecule has 0 amide bonds. The van der Waals surface area contributed by atoms with E-state index in [2.05, 4.69) is 38.1 Å².